The van der Waals surface area contributed by atoms with Crippen LogP contribution in [0, 0.1) is 5.41 Å². The fourth-order valence-corrected chi connectivity index (χ4v) is 2.26. The third-order valence-electron chi connectivity index (χ3n) is 3.45. The normalized spacial score (nSPS) is 22.4. The van der Waals surface area contributed by atoms with Gasteiger partial charge < -0.3 is 9.73 Å². The van der Waals surface area contributed by atoms with Gasteiger partial charge in [-0.05, 0) is 38.0 Å². The van der Waals surface area contributed by atoms with E-state index in [2.05, 4.69) is 29.4 Å². The zero-order valence-corrected chi connectivity index (χ0v) is 11.4. The minimum atomic E-state index is -0.233. The van der Waals surface area contributed by atoms with Gasteiger partial charge in [0.1, 0.15) is 5.38 Å². The first kappa shape index (κ1) is 12.7. The molecule has 2 rings (SSSR count). The fourth-order valence-electron chi connectivity index (χ4n) is 2.17. The van der Waals surface area contributed by atoms with E-state index < -0.39 is 0 Å². The van der Waals surface area contributed by atoms with Crippen molar-refractivity contribution in [2.75, 3.05) is 5.32 Å². The highest BCUT2D eigenvalue weighted by Gasteiger charge is 2.27. The van der Waals surface area contributed by atoms with Crippen LogP contribution >= 0.6 is 11.6 Å². The number of aromatic nitrogens is 2. The Bertz CT molecular complexity index is 366. The third kappa shape index (κ3) is 3.35. The number of rotatable bonds is 3. The van der Waals surface area contributed by atoms with Crippen LogP contribution in [-0.2, 0) is 0 Å². The molecule has 0 aliphatic heterocycles. The maximum atomic E-state index is 5.87. The molecule has 4 nitrogen and oxygen atoms in total. The third-order valence-corrected chi connectivity index (χ3v) is 3.63. The van der Waals surface area contributed by atoms with E-state index >= 15 is 0 Å². The summed E-state index contributed by atoms with van der Waals surface area (Å²) in [4.78, 5) is 0. The van der Waals surface area contributed by atoms with Crippen molar-refractivity contribution in [1.82, 2.24) is 10.2 Å². The summed E-state index contributed by atoms with van der Waals surface area (Å²) in [5, 5.41) is 10.9. The molecule has 17 heavy (non-hydrogen) atoms. The number of hydrogen-bond acceptors (Lipinski definition) is 4. The van der Waals surface area contributed by atoms with E-state index in [-0.39, 0.29) is 5.38 Å². The lowest BCUT2D eigenvalue weighted by Crippen LogP contribution is -2.29. The van der Waals surface area contributed by atoms with Crippen molar-refractivity contribution in [3.05, 3.63) is 5.89 Å². The summed E-state index contributed by atoms with van der Waals surface area (Å²) in [7, 11) is 0. The first-order valence-corrected chi connectivity index (χ1v) is 6.64. The molecule has 1 heterocycles. The van der Waals surface area contributed by atoms with Gasteiger partial charge in [-0.2, -0.15) is 0 Å². The predicted molar refractivity (Wildman–Crippen MR) is 68.2 cm³/mol. The Morgan fingerprint density at radius 3 is 2.53 bits per heavy atom. The fraction of sp³-hybridized carbons (Fsp3) is 0.833. The number of hydrogen-bond donors (Lipinski definition) is 1. The van der Waals surface area contributed by atoms with Crippen LogP contribution in [0.1, 0.15) is 57.7 Å². The van der Waals surface area contributed by atoms with Gasteiger partial charge in [-0.1, -0.05) is 18.9 Å². The van der Waals surface area contributed by atoms with Crippen LogP contribution in [0.5, 0.6) is 0 Å². The Kier molecular flexibility index (Phi) is 3.61. The molecule has 0 radical (unpaired) electrons. The van der Waals surface area contributed by atoms with Crippen LogP contribution in [0.3, 0.4) is 0 Å². The molecule has 1 N–H and O–H groups in total. The SMILES string of the molecule is CC(Cl)c1nnc(NC2CCC(C)(C)CC2)o1. The zero-order valence-electron chi connectivity index (χ0n) is 10.7. The van der Waals surface area contributed by atoms with Crippen LogP contribution in [0.25, 0.3) is 0 Å². The Balaban J connectivity index is 1.89. The van der Waals surface area contributed by atoms with Gasteiger partial charge in [0.2, 0.25) is 5.89 Å². The Morgan fingerprint density at radius 1 is 1.35 bits per heavy atom. The number of alkyl halides is 1. The van der Waals surface area contributed by atoms with Gasteiger partial charge in [0.15, 0.2) is 0 Å². The highest BCUT2D eigenvalue weighted by Crippen LogP contribution is 2.36. The monoisotopic (exact) mass is 257 g/mol. The lowest BCUT2D eigenvalue weighted by atomic mass is 9.76. The highest BCUT2D eigenvalue weighted by atomic mass is 35.5. The second kappa shape index (κ2) is 4.84. The minimum absolute atomic E-state index is 0.233. The average Bonchev–Trinajstić information content (AvgIpc) is 2.70. The van der Waals surface area contributed by atoms with Crippen molar-refractivity contribution in [2.24, 2.45) is 5.41 Å². The molecule has 1 atom stereocenters. The van der Waals surface area contributed by atoms with Gasteiger partial charge in [-0.25, -0.2) is 0 Å². The molecular weight excluding hydrogens is 238 g/mol. The van der Waals surface area contributed by atoms with E-state index in [9.17, 15) is 0 Å². The molecule has 1 fully saturated rings. The smallest absolute Gasteiger partial charge is 0.315 e. The summed E-state index contributed by atoms with van der Waals surface area (Å²) in [5.74, 6) is 0.477. The van der Waals surface area contributed by atoms with Gasteiger partial charge in [-0.3, -0.25) is 0 Å². The highest BCUT2D eigenvalue weighted by molar-refractivity contribution is 6.20. The number of anilines is 1. The van der Waals surface area contributed by atoms with Gasteiger partial charge in [0, 0.05) is 6.04 Å². The van der Waals surface area contributed by atoms with Crippen molar-refractivity contribution in [1.29, 1.82) is 0 Å². The summed E-state index contributed by atoms with van der Waals surface area (Å²) in [6.07, 6.45) is 4.78. The predicted octanol–water partition coefficient (Wildman–Crippen LogP) is 3.75. The topological polar surface area (TPSA) is 51.0 Å². The first-order valence-electron chi connectivity index (χ1n) is 6.20. The Labute approximate surface area is 107 Å². The Morgan fingerprint density at radius 2 is 2.00 bits per heavy atom. The second-order valence-corrected chi connectivity index (χ2v) is 6.30. The second-order valence-electron chi connectivity index (χ2n) is 5.64. The molecule has 0 bridgehead atoms. The standard InChI is InChI=1S/C12H20ClN3O/c1-8(13)10-15-16-11(17-10)14-9-4-6-12(2,3)7-5-9/h8-9H,4-7H2,1-3H3,(H,14,16). The van der Waals surface area contributed by atoms with Crippen molar-refractivity contribution >= 4 is 17.6 Å². The van der Waals surface area contributed by atoms with Crippen LogP contribution < -0.4 is 5.32 Å². The lowest BCUT2D eigenvalue weighted by Gasteiger charge is -2.34. The molecule has 0 amide bonds. The lowest BCUT2D eigenvalue weighted by molar-refractivity contribution is 0.231. The Hall–Kier alpha value is -0.770. The zero-order chi connectivity index (χ0) is 12.5. The van der Waals surface area contributed by atoms with Crippen molar-refractivity contribution < 1.29 is 4.42 Å². The molecule has 1 aliphatic carbocycles. The van der Waals surface area contributed by atoms with Crippen molar-refractivity contribution in [3.8, 4) is 0 Å². The molecule has 0 aromatic carbocycles. The summed E-state index contributed by atoms with van der Waals surface area (Å²) in [6, 6.07) is 0.944. The van der Waals surface area contributed by atoms with Crippen molar-refractivity contribution in [3.63, 3.8) is 0 Å². The van der Waals surface area contributed by atoms with Gasteiger partial charge in [0.25, 0.3) is 0 Å². The number of nitrogens with zero attached hydrogens (tertiary/aromatic N) is 2. The van der Waals surface area contributed by atoms with Crippen LogP contribution in [0.4, 0.5) is 6.01 Å². The molecule has 1 saturated carbocycles. The van der Waals surface area contributed by atoms with E-state index in [0.29, 0.717) is 23.4 Å². The minimum Gasteiger partial charge on any atom is -0.406 e. The summed E-state index contributed by atoms with van der Waals surface area (Å²) in [5.41, 5.74) is 0.475. The van der Waals surface area contributed by atoms with Crippen LogP contribution in [0.15, 0.2) is 4.42 Å². The molecule has 1 aromatic rings. The quantitative estimate of drug-likeness (QED) is 0.838. The van der Waals surface area contributed by atoms with E-state index in [1.165, 1.54) is 12.8 Å². The summed E-state index contributed by atoms with van der Waals surface area (Å²) in [6.45, 7) is 6.47. The molecule has 1 aliphatic rings. The number of halogens is 1. The molecule has 0 spiro atoms. The molecule has 96 valence electrons. The number of nitrogens with one attached hydrogen (secondary N) is 1. The molecule has 5 heteroatoms. The van der Waals surface area contributed by atoms with Crippen LogP contribution in [0.2, 0.25) is 0 Å². The molecular formula is C12H20ClN3O. The van der Waals surface area contributed by atoms with Crippen molar-refractivity contribution in [2.45, 2.75) is 57.9 Å². The molecule has 1 aromatic heterocycles. The van der Waals surface area contributed by atoms with E-state index in [1.807, 2.05) is 6.92 Å². The van der Waals surface area contributed by atoms with Gasteiger partial charge >= 0.3 is 6.01 Å². The maximum absolute atomic E-state index is 5.87. The van der Waals surface area contributed by atoms with Gasteiger partial charge in [0.05, 0.1) is 0 Å². The maximum Gasteiger partial charge on any atom is 0.315 e. The summed E-state index contributed by atoms with van der Waals surface area (Å²) >= 11 is 5.87. The molecule has 1 unspecified atom stereocenters. The van der Waals surface area contributed by atoms with Crippen LogP contribution in [-0.4, -0.2) is 16.2 Å². The largest absolute Gasteiger partial charge is 0.406 e. The average molecular weight is 258 g/mol. The first-order chi connectivity index (χ1) is 7.96. The van der Waals surface area contributed by atoms with Gasteiger partial charge in [-0.15, -0.1) is 16.7 Å². The van der Waals surface area contributed by atoms with E-state index in [1.54, 1.807) is 0 Å². The molecule has 0 saturated heterocycles. The van der Waals surface area contributed by atoms with E-state index in [4.69, 9.17) is 16.0 Å². The summed E-state index contributed by atoms with van der Waals surface area (Å²) < 4.78 is 5.43. The van der Waals surface area contributed by atoms with E-state index in [0.717, 1.165) is 12.8 Å².